The molecular formula is C28H32FN3O4. The zero-order chi connectivity index (χ0) is 25.3. The highest BCUT2D eigenvalue weighted by Gasteiger charge is 2.57. The summed E-state index contributed by atoms with van der Waals surface area (Å²) >= 11 is 0. The number of hydrogen-bond donors (Lipinski definition) is 1. The van der Waals surface area contributed by atoms with Crippen LogP contribution in [0.25, 0.3) is 0 Å². The van der Waals surface area contributed by atoms with E-state index < -0.39 is 11.6 Å². The van der Waals surface area contributed by atoms with Crippen molar-refractivity contribution in [1.29, 1.82) is 0 Å². The highest BCUT2D eigenvalue weighted by atomic mass is 19.1. The second-order valence-corrected chi connectivity index (χ2v) is 10.2. The van der Waals surface area contributed by atoms with E-state index in [2.05, 4.69) is 5.32 Å². The second kappa shape index (κ2) is 10.0. The number of carbonyl (C=O) groups is 3. The molecule has 0 radical (unpaired) electrons. The van der Waals surface area contributed by atoms with Gasteiger partial charge in [0.2, 0.25) is 5.91 Å². The quantitative estimate of drug-likeness (QED) is 0.627. The van der Waals surface area contributed by atoms with Gasteiger partial charge in [0.15, 0.2) is 0 Å². The Bertz CT molecular complexity index is 1140. The van der Waals surface area contributed by atoms with E-state index in [1.165, 1.54) is 17.0 Å². The summed E-state index contributed by atoms with van der Waals surface area (Å²) < 4.78 is 19.0. The molecule has 0 aromatic heterocycles. The van der Waals surface area contributed by atoms with Crippen molar-refractivity contribution in [1.82, 2.24) is 15.1 Å². The number of halogens is 1. The SMILES string of the molecule is Cc1ccccc1CC(=O)N1CCC(C2(Cc3ccc(F)cc3)NC(=O)N(C3CCOC3)C2=O)CC1. The molecule has 2 unspecified atom stereocenters. The summed E-state index contributed by atoms with van der Waals surface area (Å²) in [6, 6.07) is 13.3. The van der Waals surface area contributed by atoms with Crippen LogP contribution in [0.3, 0.4) is 0 Å². The molecule has 190 valence electrons. The Balaban J connectivity index is 1.35. The molecule has 36 heavy (non-hydrogen) atoms. The summed E-state index contributed by atoms with van der Waals surface area (Å²) in [7, 11) is 0. The topological polar surface area (TPSA) is 79.0 Å². The summed E-state index contributed by atoms with van der Waals surface area (Å²) in [6.45, 7) is 3.92. The fourth-order valence-corrected chi connectivity index (χ4v) is 5.84. The lowest BCUT2D eigenvalue weighted by atomic mass is 9.73. The van der Waals surface area contributed by atoms with E-state index >= 15 is 0 Å². The monoisotopic (exact) mass is 493 g/mol. The number of carbonyl (C=O) groups excluding carboxylic acids is 3. The molecule has 3 aliphatic rings. The smallest absolute Gasteiger partial charge is 0.325 e. The van der Waals surface area contributed by atoms with Crippen LogP contribution in [0.4, 0.5) is 9.18 Å². The van der Waals surface area contributed by atoms with Gasteiger partial charge in [-0.3, -0.25) is 14.5 Å². The molecule has 5 rings (SSSR count). The molecule has 0 spiro atoms. The Morgan fingerprint density at radius 2 is 1.81 bits per heavy atom. The Morgan fingerprint density at radius 3 is 2.47 bits per heavy atom. The van der Waals surface area contributed by atoms with Gasteiger partial charge >= 0.3 is 6.03 Å². The fraction of sp³-hybridized carbons (Fsp3) is 0.464. The van der Waals surface area contributed by atoms with Gasteiger partial charge in [-0.2, -0.15) is 0 Å². The Labute approximate surface area is 210 Å². The summed E-state index contributed by atoms with van der Waals surface area (Å²) in [5.74, 6) is -0.660. The van der Waals surface area contributed by atoms with Gasteiger partial charge in [-0.05, 0) is 60.9 Å². The Morgan fingerprint density at radius 1 is 1.08 bits per heavy atom. The number of nitrogens with zero attached hydrogens (tertiary/aromatic N) is 2. The molecule has 8 heteroatoms. The number of nitrogens with one attached hydrogen (secondary N) is 1. The van der Waals surface area contributed by atoms with Crippen LogP contribution in [-0.4, -0.2) is 65.5 Å². The third kappa shape index (κ3) is 4.62. The lowest BCUT2D eigenvalue weighted by Crippen LogP contribution is -2.58. The van der Waals surface area contributed by atoms with Crippen LogP contribution in [0.15, 0.2) is 48.5 Å². The van der Waals surface area contributed by atoms with Gasteiger partial charge < -0.3 is 15.0 Å². The number of amides is 4. The Hall–Kier alpha value is -3.26. The van der Waals surface area contributed by atoms with Gasteiger partial charge in [-0.15, -0.1) is 0 Å². The van der Waals surface area contributed by atoms with Crippen LogP contribution in [0.2, 0.25) is 0 Å². The molecule has 3 aliphatic heterocycles. The number of rotatable bonds is 6. The molecule has 0 bridgehead atoms. The maximum Gasteiger partial charge on any atom is 0.325 e. The molecule has 0 saturated carbocycles. The molecule has 2 aromatic rings. The van der Waals surface area contributed by atoms with Crippen molar-refractivity contribution in [2.24, 2.45) is 5.92 Å². The van der Waals surface area contributed by atoms with Gasteiger partial charge in [0.1, 0.15) is 11.4 Å². The lowest BCUT2D eigenvalue weighted by molar-refractivity contribution is -0.137. The Kier molecular flexibility index (Phi) is 6.79. The molecule has 3 heterocycles. The first kappa shape index (κ1) is 24.4. The number of aryl methyl sites for hydroxylation is 1. The summed E-state index contributed by atoms with van der Waals surface area (Å²) in [5, 5.41) is 3.05. The normalized spacial score (nSPS) is 24.9. The third-order valence-electron chi connectivity index (χ3n) is 7.96. The van der Waals surface area contributed by atoms with E-state index in [4.69, 9.17) is 4.74 Å². The highest BCUT2D eigenvalue weighted by molar-refractivity contribution is 6.07. The molecule has 3 fully saturated rings. The van der Waals surface area contributed by atoms with Crippen molar-refractivity contribution in [3.8, 4) is 0 Å². The predicted molar refractivity (Wildman–Crippen MR) is 132 cm³/mol. The molecular weight excluding hydrogens is 461 g/mol. The van der Waals surface area contributed by atoms with E-state index in [9.17, 15) is 18.8 Å². The summed E-state index contributed by atoms with van der Waals surface area (Å²) in [4.78, 5) is 43.2. The van der Waals surface area contributed by atoms with Gasteiger partial charge in [0.25, 0.3) is 5.91 Å². The van der Waals surface area contributed by atoms with E-state index in [0.717, 1.165) is 16.7 Å². The number of ether oxygens (including phenoxy) is 1. The molecule has 0 aliphatic carbocycles. The van der Waals surface area contributed by atoms with Gasteiger partial charge in [-0.25, -0.2) is 9.18 Å². The number of urea groups is 1. The first-order valence-corrected chi connectivity index (χ1v) is 12.7. The first-order valence-electron chi connectivity index (χ1n) is 12.7. The molecule has 2 aromatic carbocycles. The predicted octanol–water partition coefficient (Wildman–Crippen LogP) is 3.24. The maximum atomic E-state index is 13.9. The zero-order valence-corrected chi connectivity index (χ0v) is 20.5. The molecule has 3 saturated heterocycles. The van der Waals surface area contributed by atoms with Crippen molar-refractivity contribution < 1.29 is 23.5 Å². The molecule has 4 amide bonds. The maximum absolute atomic E-state index is 13.9. The minimum absolute atomic E-state index is 0.0712. The fourth-order valence-electron chi connectivity index (χ4n) is 5.84. The van der Waals surface area contributed by atoms with Crippen molar-refractivity contribution in [3.05, 3.63) is 71.0 Å². The minimum Gasteiger partial charge on any atom is -0.379 e. The minimum atomic E-state index is -1.12. The van der Waals surface area contributed by atoms with Crippen molar-refractivity contribution in [2.75, 3.05) is 26.3 Å². The van der Waals surface area contributed by atoms with E-state index in [1.807, 2.05) is 36.1 Å². The van der Waals surface area contributed by atoms with Gasteiger partial charge in [0.05, 0.1) is 19.1 Å². The largest absolute Gasteiger partial charge is 0.379 e. The average molecular weight is 494 g/mol. The van der Waals surface area contributed by atoms with Gasteiger partial charge in [0, 0.05) is 26.1 Å². The van der Waals surface area contributed by atoms with Crippen LogP contribution >= 0.6 is 0 Å². The number of piperidine rings is 1. The van der Waals surface area contributed by atoms with Crippen molar-refractivity contribution >= 4 is 17.8 Å². The summed E-state index contributed by atoms with van der Waals surface area (Å²) in [5.41, 5.74) is 1.77. The first-order chi connectivity index (χ1) is 17.4. The molecule has 2 atom stereocenters. The number of likely N-dealkylation sites (tertiary alicyclic amines) is 1. The standard InChI is InChI=1S/C28H32FN3O4/c1-19-4-2-3-5-21(19)16-25(33)31-13-10-22(11-14-31)28(17-20-6-8-23(29)9-7-20)26(34)32(27(35)30-28)24-12-15-36-18-24/h2-9,22,24H,10-18H2,1H3,(H,30,35). The van der Waals surface area contributed by atoms with Gasteiger partial charge in [-0.1, -0.05) is 36.4 Å². The van der Waals surface area contributed by atoms with Crippen LogP contribution in [-0.2, 0) is 27.2 Å². The number of imide groups is 1. The van der Waals surface area contributed by atoms with Crippen LogP contribution < -0.4 is 5.32 Å². The van der Waals surface area contributed by atoms with E-state index in [1.54, 1.807) is 12.1 Å². The average Bonchev–Trinajstić information content (AvgIpc) is 3.48. The van der Waals surface area contributed by atoms with Crippen LogP contribution in [0.1, 0.15) is 36.0 Å². The van der Waals surface area contributed by atoms with Crippen molar-refractivity contribution in [3.63, 3.8) is 0 Å². The second-order valence-electron chi connectivity index (χ2n) is 10.2. The van der Waals surface area contributed by atoms with E-state index in [-0.39, 0.29) is 36.0 Å². The lowest BCUT2D eigenvalue weighted by Gasteiger charge is -2.41. The number of benzene rings is 2. The summed E-state index contributed by atoms with van der Waals surface area (Å²) in [6.07, 6.45) is 2.45. The van der Waals surface area contributed by atoms with E-state index in [0.29, 0.717) is 52.0 Å². The zero-order valence-electron chi connectivity index (χ0n) is 20.5. The van der Waals surface area contributed by atoms with Crippen molar-refractivity contribution in [2.45, 2.75) is 50.6 Å². The molecule has 7 nitrogen and oxygen atoms in total. The highest BCUT2D eigenvalue weighted by Crippen LogP contribution is 2.38. The molecule has 1 N–H and O–H groups in total. The van der Waals surface area contributed by atoms with Crippen LogP contribution in [0, 0.1) is 18.7 Å². The number of hydrogen-bond acceptors (Lipinski definition) is 4. The van der Waals surface area contributed by atoms with Crippen LogP contribution in [0.5, 0.6) is 0 Å². The third-order valence-corrected chi connectivity index (χ3v) is 7.96.